The first-order chi connectivity index (χ1) is 8.79. The maximum absolute atomic E-state index is 5.88. The number of benzene rings is 1. The fourth-order valence-corrected chi connectivity index (χ4v) is 3.03. The molecule has 1 atom stereocenters. The SMILES string of the molecule is ClCCc1nc2cc(Br)ccc2n1C1CCOC1. The van der Waals surface area contributed by atoms with E-state index in [9.17, 15) is 0 Å². The molecule has 96 valence electrons. The summed E-state index contributed by atoms with van der Waals surface area (Å²) in [6.45, 7) is 1.61. The average molecular weight is 330 g/mol. The first kappa shape index (κ1) is 12.5. The standard InChI is InChI=1S/C13H14BrClN2O/c14-9-1-2-12-11(7-9)16-13(3-5-15)17(12)10-4-6-18-8-10/h1-2,7,10H,3-6,8H2. The Labute approximate surface area is 119 Å². The smallest absolute Gasteiger partial charge is 0.111 e. The normalized spacial score (nSPS) is 19.8. The number of aromatic nitrogens is 2. The van der Waals surface area contributed by atoms with Crippen LogP contribution >= 0.6 is 27.5 Å². The average Bonchev–Trinajstić information content (AvgIpc) is 2.95. The van der Waals surface area contributed by atoms with E-state index in [-0.39, 0.29) is 0 Å². The van der Waals surface area contributed by atoms with E-state index in [1.807, 2.05) is 0 Å². The number of ether oxygens (including phenoxy) is 1. The van der Waals surface area contributed by atoms with Crippen molar-refractivity contribution in [3.63, 3.8) is 0 Å². The first-order valence-corrected chi connectivity index (χ1v) is 7.42. The van der Waals surface area contributed by atoms with Crippen LogP contribution < -0.4 is 0 Å². The summed E-state index contributed by atoms with van der Waals surface area (Å²) in [6.07, 6.45) is 1.85. The van der Waals surface area contributed by atoms with Crippen LogP contribution in [-0.2, 0) is 11.2 Å². The molecule has 1 unspecified atom stereocenters. The fourth-order valence-electron chi connectivity index (χ4n) is 2.52. The Morgan fingerprint density at radius 2 is 2.39 bits per heavy atom. The summed E-state index contributed by atoms with van der Waals surface area (Å²) in [6, 6.07) is 6.62. The number of aryl methyl sites for hydroxylation is 1. The van der Waals surface area contributed by atoms with Gasteiger partial charge in [-0.15, -0.1) is 11.6 Å². The Morgan fingerprint density at radius 3 is 3.11 bits per heavy atom. The summed E-state index contributed by atoms with van der Waals surface area (Å²) in [5.74, 6) is 1.66. The van der Waals surface area contributed by atoms with Gasteiger partial charge in [-0.05, 0) is 24.6 Å². The number of hydrogen-bond acceptors (Lipinski definition) is 2. The van der Waals surface area contributed by atoms with Gasteiger partial charge in [0.15, 0.2) is 0 Å². The van der Waals surface area contributed by atoms with Crippen molar-refractivity contribution in [3.05, 3.63) is 28.5 Å². The van der Waals surface area contributed by atoms with Gasteiger partial charge in [0.05, 0.1) is 23.7 Å². The third-order valence-electron chi connectivity index (χ3n) is 3.31. The van der Waals surface area contributed by atoms with Crippen LogP contribution in [0.4, 0.5) is 0 Å². The molecule has 0 amide bonds. The summed E-state index contributed by atoms with van der Waals surface area (Å²) < 4.78 is 8.85. The van der Waals surface area contributed by atoms with Crippen LogP contribution in [0, 0.1) is 0 Å². The predicted octanol–water partition coefficient (Wildman–Crippen LogP) is 3.54. The van der Waals surface area contributed by atoms with Crippen LogP contribution in [0.1, 0.15) is 18.3 Å². The third kappa shape index (κ3) is 2.17. The highest BCUT2D eigenvalue weighted by Gasteiger charge is 2.22. The van der Waals surface area contributed by atoms with Crippen molar-refractivity contribution < 1.29 is 4.74 Å². The molecule has 1 aliphatic rings. The number of halogens is 2. The fraction of sp³-hybridized carbons (Fsp3) is 0.462. The van der Waals surface area contributed by atoms with Gasteiger partial charge < -0.3 is 9.30 Å². The predicted molar refractivity (Wildman–Crippen MR) is 76.3 cm³/mol. The molecule has 2 heterocycles. The molecule has 0 aliphatic carbocycles. The zero-order valence-corrected chi connectivity index (χ0v) is 12.2. The van der Waals surface area contributed by atoms with E-state index in [2.05, 4.69) is 38.7 Å². The summed E-state index contributed by atoms with van der Waals surface area (Å²) in [5.41, 5.74) is 2.20. The van der Waals surface area contributed by atoms with Crippen molar-refractivity contribution >= 4 is 38.6 Å². The lowest BCUT2D eigenvalue weighted by Crippen LogP contribution is -2.12. The molecule has 18 heavy (non-hydrogen) atoms. The van der Waals surface area contributed by atoms with E-state index in [4.69, 9.17) is 21.3 Å². The zero-order valence-electron chi connectivity index (χ0n) is 9.90. The second kappa shape index (κ2) is 5.19. The largest absolute Gasteiger partial charge is 0.379 e. The van der Waals surface area contributed by atoms with Gasteiger partial charge in [-0.25, -0.2) is 4.98 Å². The molecule has 1 saturated heterocycles. The van der Waals surface area contributed by atoms with Crippen molar-refractivity contribution in [1.82, 2.24) is 9.55 Å². The van der Waals surface area contributed by atoms with Crippen molar-refractivity contribution in [2.75, 3.05) is 19.1 Å². The maximum atomic E-state index is 5.88. The number of alkyl halides is 1. The monoisotopic (exact) mass is 328 g/mol. The minimum absolute atomic E-state index is 0.398. The highest BCUT2D eigenvalue weighted by Crippen LogP contribution is 2.28. The van der Waals surface area contributed by atoms with Crippen molar-refractivity contribution in [1.29, 1.82) is 0 Å². The van der Waals surface area contributed by atoms with Gasteiger partial charge in [0.1, 0.15) is 5.82 Å². The molecular formula is C13H14BrClN2O. The van der Waals surface area contributed by atoms with E-state index in [0.29, 0.717) is 11.9 Å². The lowest BCUT2D eigenvalue weighted by Gasteiger charge is -2.14. The Hall–Kier alpha value is -0.580. The minimum atomic E-state index is 0.398. The van der Waals surface area contributed by atoms with Crippen LogP contribution in [0.15, 0.2) is 22.7 Å². The minimum Gasteiger partial charge on any atom is -0.379 e. The highest BCUT2D eigenvalue weighted by molar-refractivity contribution is 9.10. The van der Waals surface area contributed by atoms with E-state index in [1.54, 1.807) is 0 Å². The Kier molecular flexibility index (Phi) is 3.59. The van der Waals surface area contributed by atoms with Gasteiger partial charge in [-0.3, -0.25) is 0 Å². The Balaban J connectivity index is 2.14. The van der Waals surface area contributed by atoms with Gasteiger partial charge in [0.2, 0.25) is 0 Å². The number of imidazole rings is 1. The summed E-state index contributed by atoms with van der Waals surface area (Å²) in [5, 5.41) is 0. The Bertz CT molecular complexity index is 563. The molecule has 0 spiro atoms. The molecule has 1 aromatic carbocycles. The van der Waals surface area contributed by atoms with Gasteiger partial charge >= 0.3 is 0 Å². The quantitative estimate of drug-likeness (QED) is 0.805. The first-order valence-electron chi connectivity index (χ1n) is 6.09. The van der Waals surface area contributed by atoms with Gasteiger partial charge in [0.25, 0.3) is 0 Å². The van der Waals surface area contributed by atoms with Crippen molar-refractivity contribution in [3.8, 4) is 0 Å². The van der Waals surface area contributed by atoms with Crippen LogP contribution in [0.5, 0.6) is 0 Å². The molecule has 3 rings (SSSR count). The Morgan fingerprint density at radius 1 is 1.50 bits per heavy atom. The highest BCUT2D eigenvalue weighted by atomic mass is 79.9. The summed E-state index contributed by atoms with van der Waals surface area (Å²) >= 11 is 9.37. The van der Waals surface area contributed by atoms with Gasteiger partial charge in [-0.2, -0.15) is 0 Å². The van der Waals surface area contributed by atoms with Crippen LogP contribution in [0.2, 0.25) is 0 Å². The molecule has 5 heteroatoms. The number of fused-ring (bicyclic) bond motifs is 1. The molecule has 0 bridgehead atoms. The van der Waals surface area contributed by atoms with Crippen molar-refractivity contribution in [2.24, 2.45) is 0 Å². The van der Waals surface area contributed by atoms with Crippen LogP contribution in [0.25, 0.3) is 11.0 Å². The molecule has 1 aromatic heterocycles. The summed E-state index contributed by atoms with van der Waals surface area (Å²) in [4.78, 5) is 4.70. The van der Waals surface area contributed by atoms with Gasteiger partial charge in [0, 0.05) is 23.4 Å². The number of hydrogen-bond donors (Lipinski definition) is 0. The summed E-state index contributed by atoms with van der Waals surface area (Å²) in [7, 11) is 0. The van der Waals surface area contributed by atoms with Crippen LogP contribution in [0.3, 0.4) is 0 Å². The zero-order chi connectivity index (χ0) is 12.5. The molecule has 2 aromatic rings. The lowest BCUT2D eigenvalue weighted by atomic mass is 10.2. The van der Waals surface area contributed by atoms with E-state index in [1.165, 1.54) is 5.52 Å². The molecule has 0 saturated carbocycles. The topological polar surface area (TPSA) is 27.1 Å². The number of nitrogens with zero attached hydrogens (tertiary/aromatic N) is 2. The third-order valence-corrected chi connectivity index (χ3v) is 4.00. The second-order valence-corrected chi connectivity index (χ2v) is 5.78. The second-order valence-electron chi connectivity index (χ2n) is 4.49. The maximum Gasteiger partial charge on any atom is 0.111 e. The number of rotatable bonds is 3. The van der Waals surface area contributed by atoms with E-state index >= 15 is 0 Å². The van der Waals surface area contributed by atoms with Gasteiger partial charge in [-0.1, -0.05) is 15.9 Å². The van der Waals surface area contributed by atoms with Crippen molar-refractivity contribution in [2.45, 2.75) is 18.9 Å². The molecule has 0 N–H and O–H groups in total. The molecule has 0 radical (unpaired) electrons. The molecule has 3 nitrogen and oxygen atoms in total. The van der Waals surface area contributed by atoms with E-state index < -0.39 is 0 Å². The van der Waals surface area contributed by atoms with Crippen LogP contribution in [-0.4, -0.2) is 28.6 Å². The molecule has 1 fully saturated rings. The molecule has 1 aliphatic heterocycles. The molecular weight excluding hydrogens is 316 g/mol. The lowest BCUT2D eigenvalue weighted by molar-refractivity contribution is 0.186. The van der Waals surface area contributed by atoms with E-state index in [0.717, 1.165) is 41.9 Å².